The highest BCUT2D eigenvalue weighted by atomic mass is 32.1. The molecule has 0 radical (unpaired) electrons. The molecule has 0 fully saturated rings. The predicted octanol–water partition coefficient (Wildman–Crippen LogP) is 13.9. The summed E-state index contributed by atoms with van der Waals surface area (Å²) in [4.78, 5) is 15.9. The number of fused-ring (bicyclic) bond motifs is 9. The Kier molecular flexibility index (Phi) is 7.03. The highest BCUT2D eigenvalue weighted by Crippen LogP contribution is 2.44. The van der Waals surface area contributed by atoms with E-state index in [-0.39, 0.29) is 0 Å². The summed E-state index contributed by atoms with van der Waals surface area (Å²) in [6.07, 6.45) is 0. The summed E-state index contributed by atoms with van der Waals surface area (Å²) in [5, 5.41) is 6.78. The standard InChI is InChI=1S/C51H30N4OS/c1-3-15-31(16-4-1)34-22-13-26-43-46(34)39-29-33(55-41-24-10-7-19-35(41)36-20-8-11-25-42(36)55)30-40(48(39)56-43)51-53-49(32-17-5-2-6-18-32)52-50(54-51)38-23-14-28-45-47(38)37-21-9-12-27-44(37)57-45/h1-30H. The van der Waals surface area contributed by atoms with Crippen LogP contribution in [0.15, 0.2) is 186 Å². The van der Waals surface area contributed by atoms with Gasteiger partial charge in [-0.05, 0) is 53.6 Å². The predicted molar refractivity (Wildman–Crippen MR) is 236 cm³/mol. The highest BCUT2D eigenvalue weighted by molar-refractivity contribution is 7.25. The molecule has 0 unspecified atom stereocenters. The molecule has 0 amide bonds. The van der Waals surface area contributed by atoms with E-state index in [0.29, 0.717) is 17.5 Å². The molecule has 4 aromatic heterocycles. The Hall–Kier alpha value is -7.41. The van der Waals surface area contributed by atoms with Crippen molar-refractivity contribution in [3.8, 4) is 51.0 Å². The van der Waals surface area contributed by atoms with E-state index in [2.05, 4.69) is 168 Å². The Bertz CT molecular complexity index is 3470. The summed E-state index contributed by atoms with van der Waals surface area (Å²) in [5.74, 6) is 1.76. The summed E-state index contributed by atoms with van der Waals surface area (Å²) >= 11 is 1.79. The van der Waals surface area contributed by atoms with E-state index >= 15 is 0 Å². The molecule has 8 aromatic carbocycles. The van der Waals surface area contributed by atoms with Crippen LogP contribution in [0.2, 0.25) is 0 Å². The molecule has 0 atom stereocenters. The Morgan fingerprint density at radius 2 is 0.982 bits per heavy atom. The number of nitrogens with zero attached hydrogens (tertiary/aromatic N) is 4. The van der Waals surface area contributed by atoms with Gasteiger partial charge in [0, 0.05) is 58.5 Å². The van der Waals surface area contributed by atoms with Crippen LogP contribution >= 0.6 is 11.3 Å². The van der Waals surface area contributed by atoms with Crippen LogP contribution in [0.3, 0.4) is 0 Å². The minimum Gasteiger partial charge on any atom is -0.455 e. The van der Waals surface area contributed by atoms with E-state index in [1.807, 2.05) is 18.2 Å². The SMILES string of the molecule is c1ccc(-c2nc(-c3cc(-n4c5ccccc5c5ccccc54)cc4c3oc3cccc(-c5ccccc5)c34)nc(-c3cccc4sc5ccccc5c34)n2)cc1. The lowest BCUT2D eigenvalue weighted by Gasteiger charge is -2.13. The molecule has 0 saturated heterocycles. The first-order valence-electron chi connectivity index (χ1n) is 19.0. The number of hydrogen-bond acceptors (Lipinski definition) is 5. The highest BCUT2D eigenvalue weighted by Gasteiger charge is 2.23. The lowest BCUT2D eigenvalue weighted by atomic mass is 9.98. The average molecular weight is 747 g/mol. The van der Waals surface area contributed by atoms with Crippen molar-refractivity contribution in [3.63, 3.8) is 0 Å². The van der Waals surface area contributed by atoms with Gasteiger partial charge in [0.05, 0.1) is 16.6 Å². The molecule has 57 heavy (non-hydrogen) atoms. The number of hydrogen-bond donors (Lipinski definition) is 0. The summed E-state index contributed by atoms with van der Waals surface area (Å²) in [6, 6.07) is 63.7. The molecule has 0 aliphatic heterocycles. The molecule has 5 nitrogen and oxygen atoms in total. The number of para-hydroxylation sites is 2. The first kappa shape index (κ1) is 31.9. The van der Waals surface area contributed by atoms with Gasteiger partial charge in [0.15, 0.2) is 17.5 Å². The van der Waals surface area contributed by atoms with Gasteiger partial charge in [-0.1, -0.05) is 140 Å². The second-order valence-electron chi connectivity index (χ2n) is 14.3. The van der Waals surface area contributed by atoms with Crippen molar-refractivity contribution < 1.29 is 4.42 Å². The fraction of sp³-hybridized carbons (Fsp3) is 0. The van der Waals surface area contributed by atoms with Gasteiger partial charge in [0.25, 0.3) is 0 Å². The molecule has 4 heterocycles. The van der Waals surface area contributed by atoms with Crippen molar-refractivity contribution >= 4 is 75.3 Å². The van der Waals surface area contributed by atoms with E-state index in [1.54, 1.807) is 11.3 Å². The summed E-state index contributed by atoms with van der Waals surface area (Å²) in [5.41, 5.74) is 9.68. The summed E-state index contributed by atoms with van der Waals surface area (Å²) in [6.45, 7) is 0. The smallest absolute Gasteiger partial charge is 0.167 e. The molecule has 0 aliphatic rings. The second kappa shape index (κ2) is 12.6. The van der Waals surface area contributed by atoms with E-state index in [4.69, 9.17) is 19.4 Å². The van der Waals surface area contributed by atoms with Gasteiger partial charge in [-0.2, -0.15) is 0 Å². The number of aromatic nitrogens is 4. The number of rotatable bonds is 5. The van der Waals surface area contributed by atoms with Crippen LogP contribution in [0, 0.1) is 0 Å². The van der Waals surface area contributed by atoms with Crippen LogP contribution in [0.5, 0.6) is 0 Å². The maximum absolute atomic E-state index is 6.95. The van der Waals surface area contributed by atoms with E-state index < -0.39 is 0 Å². The molecular formula is C51H30N4OS. The molecule has 6 heteroatoms. The topological polar surface area (TPSA) is 56.7 Å². The normalized spacial score (nSPS) is 11.9. The fourth-order valence-electron chi connectivity index (χ4n) is 8.56. The minimum atomic E-state index is 0.545. The van der Waals surface area contributed by atoms with Gasteiger partial charge in [-0.25, -0.2) is 15.0 Å². The largest absolute Gasteiger partial charge is 0.455 e. The minimum absolute atomic E-state index is 0.545. The molecule has 0 bridgehead atoms. The first-order valence-corrected chi connectivity index (χ1v) is 19.8. The van der Waals surface area contributed by atoms with Crippen LogP contribution in [0.4, 0.5) is 0 Å². The van der Waals surface area contributed by atoms with Gasteiger partial charge in [0.2, 0.25) is 0 Å². The molecular weight excluding hydrogens is 717 g/mol. The molecule has 0 spiro atoms. The second-order valence-corrected chi connectivity index (χ2v) is 15.4. The lowest BCUT2D eigenvalue weighted by Crippen LogP contribution is -2.02. The van der Waals surface area contributed by atoms with E-state index in [1.165, 1.54) is 25.6 Å². The van der Waals surface area contributed by atoms with Crippen LogP contribution in [-0.4, -0.2) is 19.5 Å². The molecule has 0 saturated carbocycles. The fourth-order valence-corrected chi connectivity index (χ4v) is 9.69. The van der Waals surface area contributed by atoms with E-state index in [0.717, 1.165) is 71.9 Å². The maximum Gasteiger partial charge on any atom is 0.167 e. The zero-order valence-corrected chi connectivity index (χ0v) is 31.2. The Balaban J connectivity index is 1.21. The maximum atomic E-state index is 6.95. The monoisotopic (exact) mass is 746 g/mol. The first-order chi connectivity index (χ1) is 28.3. The molecule has 266 valence electrons. The van der Waals surface area contributed by atoms with Crippen molar-refractivity contribution in [1.29, 1.82) is 0 Å². The third-order valence-electron chi connectivity index (χ3n) is 11.1. The van der Waals surface area contributed by atoms with Crippen LogP contribution in [-0.2, 0) is 0 Å². The number of benzene rings is 8. The van der Waals surface area contributed by atoms with Crippen molar-refractivity contribution in [2.24, 2.45) is 0 Å². The van der Waals surface area contributed by atoms with Crippen LogP contribution in [0.25, 0.3) is 115 Å². The van der Waals surface area contributed by atoms with Crippen LogP contribution in [0.1, 0.15) is 0 Å². The van der Waals surface area contributed by atoms with Crippen molar-refractivity contribution in [2.75, 3.05) is 0 Å². The van der Waals surface area contributed by atoms with Gasteiger partial charge in [-0.15, -0.1) is 11.3 Å². The Labute approximate surface area is 330 Å². The number of furan rings is 1. The molecule has 12 rings (SSSR count). The zero-order valence-electron chi connectivity index (χ0n) is 30.4. The van der Waals surface area contributed by atoms with Crippen molar-refractivity contribution in [3.05, 3.63) is 182 Å². The van der Waals surface area contributed by atoms with Gasteiger partial charge in [0.1, 0.15) is 11.2 Å². The van der Waals surface area contributed by atoms with Gasteiger partial charge >= 0.3 is 0 Å². The summed E-state index contributed by atoms with van der Waals surface area (Å²) < 4.78 is 11.7. The third kappa shape index (κ3) is 4.98. The van der Waals surface area contributed by atoms with Gasteiger partial charge < -0.3 is 8.98 Å². The number of thiophene rings is 1. The Morgan fingerprint density at radius 3 is 1.74 bits per heavy atom. The zero-order chi connectivity index (χ0) is 37.5. The van der Waals surface area contributed by atoms with Gasteiger partial charge in [-0.3, -0.25) is 0 Å². The molecule has 0 aliphatic carbocycles. The molecule has 0 N–H and O–H groups in total. The summed E-state index contributed by atoms with van der Waals surface area (Å²) in [7, 11) is 0. The lowest BCUT2D eigenvalue weighted by molar-refractivity contribution is 0.669. The quantitative estimate of drug-likeness (QED) is 0.176. The van der Waals surface area contributed by atoms with Crippen molar-refractivity contribution in [2.45, 2.75) is 0 Å². The van der Waals surface area contributed by atoms with E-state index in [9.17, 15) is 0 Å². The average Bonchev–Trinajstić information content (AvgIpc) is 3.96. The van der Waals surface area contributed by atoms with Crippen LogP contribution < -0.4 is 0 Å². The third-order valence-corrected chi connectivity index (χ3v) is 12.2. The molecule has 12 aromatic rings. The van der Waals surface area contributed by atoms with Crippen molar-refractivity contribution in [1.82, 2.24) is 19.5 Å². The Morgan fingerprint density at radius 1 is 0.404 bits per heavy atom.